The molecule has 0 aliphatic carbocycles. The van der Waals surface area contributed by atoms with Gasteiger partial charge in [-0.2, -0.15) is 0 Å². The summed E-state index contributed by atoms with van der Waals surface area (Å²) >= 11 is 0. The second kappa shape index (κ2) is 18.9. The fourth-order valence-corrected chi connectivity index (χ4v) is 2.60. The number of rotatable bonds is 10. The van der Waals surface area contributed by atoms with E-state index in [0.29, 0.717) is 12.3 Å². The minimum Gasteiger partial charge on any atom is -0.461 e. The molecule has 1 rings (SSSR count). The van der Waals surface area contributed by atoms with Crippen molar-refractivity contribution in [1.29, 1.82) is 0 Å². The first-order valence-electron chi connectivity index (χ1n) is 8.35. The van der Waals surface area contributed by atoms with Crippen LogP contribution in [0.4, 0.5) is 0 Å². The molecular formula is C16H31NO7P2. The molecule has 2 atom stereocenters. The van der Waals surface area contributed by atoms with Crippen LogP contribution in [0, 0.1) is 0 Å². The zero-order chi connectivity index (χ0) is 20.4. The molecule has 0 heterocycles. The molecule has 0 saturated heterocycles. The Morgan fingerprint density at radius 1 is 1.08 bits per heavy atom. The first-order valence-corrected chi connectivity index (χ1v) is 10.6. The molecule has 2 unspecified atom stereocenters. The van der Waals surface area contributed by atoms with E-state index in [1.54, 1.807) is 31.3 Å². The van der Waals surface area contributed by atoms with Crippen molar-refractivity contribution in [3.8, 4) is 5.75 Å². The molecule has 0 amide bonds. The molecule has 0 aromatic heterocycles. The zero-order valence-electron chi connectivity index (χ0n) is 16.3. The molecular weight excluding hydrogens is 380 g/mol. The maximum absolute atomic E-state index is 10.7. The lowest BCUT2D eigenvalue weighted by molar-refractivity contribution is -0.142. The van der Waals surface area contributed by atoms with E-state index in [1.807, 2.05) is 27.7 Å². The van der Waals surface area contributed by atoms with E-state index in [4.69, 9.17) is 18.1 Å². The highest BCUT2D eigenvalue weighted by Gasteiger charge is 2.17. The molecule has 1 aromatic rings. The zero-order valence-corrected chi connectivity index (χ0v) is 18.0. The second-order valence-electron chi connectivity index (χ2n) is 4.01. The van der Waals surface area contributed by atoms with E-state index in [0.717, 1.165) is 5.56 Å². The van der Waals surface area contributed by atoms with Gasteiger partial charge in [0.15, 0.2) is 0 Å². The molecule has 0 fully saturated rings. The van der Waals surface area contributed by atoms with Gasteiger partial charge < -0.3 is 28.9 Å². The number of benzene rings is 1. The molecule has 1 aromatic carbocycles. The fraction of sp³-hybridized carbons (Fsp3) is 0.562. The Kier molecular flexibility index (Phi) is 19.9. The number of ether oxygens (including phenoxy) is 1. The van der Waals surface area contributed by atoms with E-state index < -0.39 is 17.2 Å². The van der Waals surface area contributed by atoms with Crippen molar-refractivity contribution < 1.29 is 32.7 Å². The van der Waals surface area contributed by atoms with Crippen molar-refractivity contribution >= 4 is 23.2 Å². The van der Waals surface area contributed by atoms with Crippen LogP contribution in [-0.2, 0) is 25.0 Å². The van der Waals surface area contributed by atoms with Gasteiger partial charge in [0, 0.05) is 13.5 Å². The van der Waals surface area contributed by atoms with Crippen molar-refractivity contribution in [2.75, 3.05) is 20.2 Å². The summed E-state index contributed by atoms with van der Waals surface area (Å²) in [6.07, 6.45) is 0. The number of likely N-dealkylation sites (N-methyl/N-ethyl adjacent to an activating group) is 1. The average molecular weight is 411 g/mol. The molecule has 26 heavy (non-hydrogen) atoms. The minimum atomic E-state index is -2.30. The van der Waals surface area contributed by atoms with Gasteiger partial charge in [-0.25, -0.2) is 4.31 Å². The van der Waals surface area contributed by atoms with Gasteiger partial charge in [-0.3, -0.25) is 4.79 Å². The van der Waals surface area contributed by atoms with Crippen LogP contribution in [0.25, 0.3) is 0 Å². The third-order valence-corrected chi connectivity index (χ3v) is 4.13. The molecule has 152 valence electrons. The maximum Gasteiger partial charge on any atom is 0.401 e. The first-order chi connectivity index (χ1) is 12.5. The van der Waals surface area contributed by atoms with Gasteiger partial charge in [0.05, 0.1) is 6.61 Å². The third-order valence-electron chi connectivity index (χ3n) is 2.24. The summed E-state index contributed by atoms with van der Waals surface area (Å²) in [5.74, 6) is 0.000918. The van der Waals surface area contributed by atoms with Crippen LogP contribution in [0.3, 0.4) is 0 Å². The normalized spacial score (nSPS) is 11.8. The molecule has 0 aliphatic rings. The van der Waals surface area contributed by atoms with Gasteiger partial charge in [-0.15, -0.1) is 0 Å². The van der Waals surface area contributed by atoms with E-state index in [1.165, 1.54) is 6.92 Å². The van der Waals surface area contributed by atoms with Gasteiger partial charge in [0.1, 0.15) is 12.4 Å². The second-order valence-corrected chi connectivity index (χ2v) is 6.05. The predicted molar refractivity (Wildman–Crippen MR) is 104 cm³/mol. The standard InChI is InChI=1S/C12H19NO7P2.2C2H6/c1-10(14)17-9-11-3-5-12(6-4-11)19-22(16)20-21(15)18-8-7-13-2;2*1-2/h3-6,13,15-16H,7-9H2,1-2H3;2*1-2H3. The summed E-state index contributed by atoms with van der Waals surface area (Å²) in [5.41, 5.74) is 0.783. The van der Waals surface area contributed by atoms with Crippen LogP contribution >= 0.6 is 17.2 Å². The summed E-state index contributed by atoms with van der Waals surface area (Å²) in [6.45, 7) is 10.3. The van der Waals surface area contributed by atoms with Crippen molar-refractivity contribution in [2.45, 2.75) is 41.2 Å². The molecule has 10 heteroatoms. The number of hydrogen-bond acceptors (Lipinski definition) is 8. The topological polar surface area (TPSA) is 106 Å². The summed E-state index contributed by atoms with van der Waals surface area (Å²) in [7, 11) is -2.74. The Morgan fingerprint density at radius 2 is 1.65 bits per heavy atom. The largest absolute Gasteiger partial charge is 0.461 e. The minimum absolute atomic E-state index is 0.168. The van der Waals surface area contributed by atoms with Crippen molar-refractivity contribution in [2.24, 2.45) is 0 Å². The Bertz CT molecular complexity index is 449. The summed E-state index contributed by atoms with van der Waals surface area (Å²) in [6, 6.07) is 6.56. The van der Waals surface area contributed by atoms with Crippen LogP contribution in [0.5, 0.6) is 5.75 Å². The van der Waals surface area contributed by atoms with Gasteiger partial charge in [0.2, 0.25) is 0 Å². The lowest BCUT2D eigenvalue weighted by Gasteiger charge is -2.14. The molecule has 3 N–H and O–H groups in total. The number of esters is 1. The molecule has 0 aliphatic heterocycles. The highest BCUT2D eigenvalue weighted by Crippen LogP contribution is 2.49. The van der Waals surface area contributed by atoms with Crippen LogP contribution in [0.2, 0.25) is 0 Å². The van der Waals surface area contributed by atoms with Gasteiger partial charge in [-0.1, -0.05) is 39.8 Å². The fourth-order valence-electron chi connectivity index (χ4n) is 1.25. The average Bonchev–Trinajstić information content (AvgIpc) is 2.64. The van der Waals surface area contributed by atoms with E-state index in [9.17, 15) is 14.6 Å². The lowest BCUT2D eigenvalue weighted by Crippen LogP contribution is -2.12. The van der Waals surface area contributed by atoms with Gasteiger partial charge in [-0.05, 0) is 24.7 Å². The summed E-state index contributed by atoms with van der Waals surface area (Å²) in [4.78, 5) is 29.7. The molecule has 0 saturated carbocycles. The van der Waals surface area contributed by atoms with Crippen molar-refractivity contribution in [3.05, 3.63) is 29.8 Å². The highest BCUT2D eigenvalue weighted by atomic mass is 31.2. The number of carbonyl (C=O) groups excluding carboxylic acids is 1. The van der Waals surface area contributed by atoms with Crippen LogP contribution in [-0.4, -0.2) is 36.0 Å². The van der Waals surface area contributed by atoms with Crippen molar-refractivity contribution in [1.82, 2.24) is 5.32 Å². The third kappa shape index (κ3) is 15.4. The molecule has 0 spiro atoms. The quantitative estimate of drug-likeness (QED) is 0.303. The van der Waals surface area contributed by atoms with Crippen LogP contribution in [0.1, 0.15) is 40.2 Å². The Morgan fingerprint density at radius 3 is 2.15 bits per heavy atom. The van der Waals surface area contributed by atoms with E-state index in [-0.39, 0.29) is 19.2 Å². The van der Waals surface area contributed by atoms with Crippen LogP contribution < -0.4 is 9.84 Å². The molecule has 0 radical (unpaired) electrons. The van der Waals surface area contributed by atoms with Crippen LogP contribution in [0.15, 0.2) is 24.3 Å². The Labute approximate surface area is 158 Å². The monoisotopic (exact) mass is 411 g/mol. The maximum atomic E-state index is 10.7. The molecule has 8 nitrogen and oxygen atoms in total. The lowest BCUT2D eigenvalue weighted by atomic mass is 10.2. The number of hydrogen-bond donors (Lipinski definition) is 3. The highest BCUT2D eigenvalue weighted by molar-refractivity contribution is 7.54. The smallest absolute Gasteiger partial charge is 0.401 e. The number of nitrogens with one attached hydrogen (secondary N) is 1. The van der Waals surface area contributed by atoms with E-state index >= 15 is 0 Å². The summed E-state index contributed by atoms with van der Waals surface area (Å²) in [5, 5.41) is 2.84. The first kappa shape index (κ1) is 27.4. The molecule has 0 bridgehead atoms. The Balaban J connectivity index is 0. The predicted octanol–water partition coefficient (Wildman–Crippen LogP) is 3.87. The van der Waals surface area contributed by atoms with Gasteiger partial charge in [0.25, 0.3) is 0 Å². The van der Waals surface area contributed by atoms with Crippen molar-refractivity contribution in [3.63, 3.8) is 0 Å². The number of carbonyl (C=O) groups is 1. The Hall–Kier alpha value is -0.850. The van der Waals surface area contributed by atoms with Gasteiger partial charge >= 0.3 is 23.2 Å². The summed E-state index contributed by atoms with van der Waals surface area (Å²) < 4.78 is 19.7. The van der Waals surface area contributed by atoms with E-state index in [2.05, 4.69) is 5.32 Å². The SMILES string of the molecule is CC.CC.CNCCOP(O)OP(O)Oc1ccc(COC(C)=O)cc1.